The third kappa shape index (κ3) is 7.80. The van der Waals surface area contributed by atoms with Crippen LogP contribution in [0.3, 0.4) is 0 Å². The summed E-state index contributed by atoms with van der Waals surface area (Å²) < 4.78 is 63.1. The number of hydrogen-bond donors (Lipinski definition) is 6. The summed E-state index contributed by atoms with van der Waals surface area (Å²) in [7, 11) is -4.39. The van der Waals surface area contributed by atoms with Gasteiger partial charge in [-0.1, -0.05) is 36.4 Å². The number of hydrogen-bond acceptors (Lipinski definition) is 11. The van der Waals surface area contributed by atoms with Gasteiger partial charge in [0.2, 0.25) is 5.91 Å². The molecule has 15 heteroatoms. The minimum Gasteiger partial charge on any atom is -0.508 e. The summed E-state index contributed by atoms with van der Waals surface area (Å²) in [5.74, 6) is -2.95. The van der Waals surface area contributed by atoms with Gasteiger partial charge >= 0.3 is 10.1 Å². The summed E-state index contributed by atoms with van der Waals surface area (Å²) in [4.78, 5) is 14.9. The molecule has 8 unspecified atom stereocenters. The van der Waals surface area contributed by atoms with Crippen molar-refractivity contribution in [1.82, 2.24) is 0 Å². The minimum absolute atomic E-state index is 0.0808. The number of carbonyl (C=O) groups excluding carboxylic acids is 1. The Morgan fingerprint density at radius 3 is 2.02 bits per heavy atom. The molecule has 2 aliphatic rings. The lowest BCUT2D eigenvalue weighted by Crippen LogP contribution is -2.60. The summed E-state index contributed by atoms with van der Waals surface area (Å²) in [6.45, 7) is -0.713. The van der Waals surface area contributed by atoms with Gasteiger partial charge in [0.25, 0.3) is 0 Å². The van der Waals surface area contributed by atoms with Crippen LogP contribution in [-0.2, 0) is 19.6 Å². The number of halogens is 2. The Labute approximate surface area is 297 Å². The highest BCUT2D eigenvalue weighted by atomic mass is 32.2. The summed E-state index contributed by atoms with van der Waals surface area (Å²) >= 11 is 0. The highest BCUT2D eigenvalue weighted by Crippen LogP contribution is 2.49. The number of aliphatic hydroxyl groups is 5. The highest BCUT2D eigenvalue weighted by molar-refractivity contribution is 7.87. The Kier molecular flexibility index (Phi) is 10.9. The molecule has 276 valence electrons. The number of phenolic OH excluding ortho intramolecular Hbond substituents is 1. The zero-order valence-corrected chi connectivity index (χ0v) is 28.3. The molecule has 12 nitrogen and oxygen atoms in total. The third-order valence-corrected chi connectivity index (χ3v) is 10.6. The van der Waals surface area contributed by atoms with Gasteiger partial charge in [-0.2, -0.15) is 8.42 Å². The van der Waals surface area contributed by atoms with Gasteiger partial charge in [0, 0.05) is 11.3 Å². The lowest BCUT2D eigenvalue weighted by atomic mass is 9.77. The van der Waals surface area contributed by atoms with E-state index < -0.39 is 82.7 Å². The van der Waals surface area contributed by atoms with E-state index in [4.69, 9.17) is 8.92 Å². The molecule has 0 saturated carbocycles. The van der Waals surface area contributed by atoms with Crippen LogP contribution >= 0.6 is 0 Å². The molecule has 1 amide bonds. The fourth-order valence-corrected chi connectivity index (χ4v) is 7.79. The van der Waals surface area contributed by atoms with E-state index in [1.165, 1.54) is 71.6 Å². The van der Waals surface area contributed by atoms with Crippen molar-refractivity contribution < 1.29 is 61.6 Å². The molecule has 4 aromatic rings. The number of phenols is 1. The van der Waals surface area contributed by atoms with E-state index in [1.54, 1.807) is 24.3 Å². The first kappa shape index (κ1) is 37.3. The second kappa shape index (κ2) is 15.2. The maximum absolute atomic E-state index is 13.7. The number of β-lactam (4-membered cyclic amide) rings is 1. The number of benzene rings is 4. The standard InChI is InChI=1S/C37H37F2NO11S/c38-23-6-1-21(2-7-23)29(42)16-15-28-33(40(37(28)47)25-10-8-24(39)9-11-25)27-14-5-22(17-30(27)43)20-3-12-26(13-4-20)51-52(48,49)19-32-35(45)36(46)34(44)31(18-41)50-32/h1-14,17,28-29,31-36,41-46H,15-16,18-19H2. The predicted molar refractivity (Wildman–Crippen MR) is 182 cm³/mol. The van der Waals surface area contributed by atoms with Crippen LogP contribution in [0.4, 0.5) is 14.5 Å². The van der Waals surface area contributed by atoms with Gasteiger partial charge in [0.05, 0.1) is 24.7 Å². The van der Waals surface area contributed by atoms with Crippen LogP contribution in [0.25, 0.3) is 11.1 Å². The van der Waals surface area contributed by atoms with Crippen LogP contribution in [0.1, 0.15) is 36.1 Å². The molecule has 0 bridgehead atoms. The molecular weight excluding hydrogens is 704 g/mol. The smallest absolute Gasteiger partial charge is 0.311 e. The molecule has 6 rings (SSSR count). The number of ether oxygens (including phenoxy) is 1. The maximum atomic E-state index is 13.7. The number of aliphatic hydroxyl groups excluding tert-OH is 5. The number of rotatable bonds is 12. The van der Waals surface area contributed by atoms with Crippen molar-refractivity contribution in [1.29, 1.82) is 0 Å². The van der Waals surface area contributed by atoms with Gasteiger partial charge in [-0.05, 0) is 84.1 Å². The van der Waals surface area contributed by atoms with E-state index in [9.17, 15) is 52.6 Å². The Morgan fingerprint density at radius 2 is 1.40 bits per heavy atom. The first-order valence-corrected chi connectivity index (χ1v) is 18.0. The molecular formula is C37H37F2NO11S. The fraction of sp³-hybridized carbons (Fsp3) is 0.324. The predicted octanol–water partition coefficient (Wildman–Crippen LogP) is 3.11. The van der Waals surface area contributed by atoms with Gasteiger partial charge < -0.3 is 44.5 Å². The fourth-order valence-electron chi connectivity index (χ4n) is 6.64. The lowest BCUT2D eigenvalue weighted by molar-refractivity contribution is -0.223. The first-order valence-electron chi connectivity index (χ1n) is 16.4. The molecule has 8 atom stereocenters. The van der Waals surface area contributed by atoms with E-state index in [1.807, 2.05) is 0 Å². The van der Waals surface area contributed by atoms with Crippen molar-refractivity contribution in [3.05, 3.63) is 114 Å². The van der Waals surface area contributed by atoms with Crippen molar-refractivity contribution >= 4 is 21.7 Å². The van der Waals surface area contributed by atoms with Crippen molar-refractivity contribution in [3.8, 4) is 22.6 Å². The molecule has 0 spiro atoms. The van der Waals surface area contributed by atoms with E-state index >= 15 is 0 Å². The highest BCUT2D eigenvalue weighted by Gasteiger charge is 2.49. The van der Waals surface area contributed by atoms with E-state index in [0.717, 1.165) is 0 Å². The first-order chi connectivity index (χ1) is 24.8. The quantitative estimate of drug-likeness (QED) is 0.0923. The number of nitrogens with zero attached hydrogens (tertiary/aromatic N) is 1. The van der Waals surface area contributed by atoms with E-state index in [0.29, 0.717) is 27.9 Å². The third-order valence-electron chi connectivity index (χ3n) is 9.44. The van der Waals surface area contributed by atoms with Gasteiger partial charge in [-0.15, -0.1) is 0 Å². The average molecular weight is 742 g/mol. The zero-order valence-electron chi connectivity index (χ0n) is 27.4. The van der Waals surface area contributed by atoms with Crippen LogP contribution in [0.15, 0.2) is 91.0 Å². The Balaban J connectivity index is 1.17. The topological polar surface area (TPSA) is 194 Å². The largest absolute Gasteiger partial charge is 0.508 e. The van der Waals surface area contributed by atoms with Crippen molar-refractivity contribution in [3.63, 3.8) is 0 Å². The molecule has 0 radical (unpaired) electrons. The minimum atomic E-state index is -4.39. The van der Waals surface area contributed by atoms with Crippen molar-refractivity contribution in [2.24, 2.45) is 5.92 Å². The van der Waals surface area contributed by atoms with Crippen LogP contribution in [0, 0.1) is 17.6 Å². The summed E-state index contributed by atoms with van der Waals surface area (Å²) in [5.41, 5.74) is 2.44. The summed E-state index contributed by atoms with van der Waals surface area (Å²) in [6, 6.07) is 20.8. The van der Waals surface area contributed by atoms with Crippen LogP contribution in [0.5, 0.6) is 11.5 Å². The van der Waals surface area contributed by atoms with Crippen LogP contribution in [0.2, 0.25) is 0 Å². The lowest BCUT2D eigenvalue weighted by Gasteiger charge is -2.48. The van der Waals surface area contributed by atoms with Crippen molar-refractivity contribution in [2.75, 3.05) is 17.3 Å². The molecule has 4 aromatic carbocycles. The van der Waals surface area contributed by atoms with Gasteiger partial charge in [-0.25, -0.2) is 8.78 Å². The Bertz CT molecular complexity index is 1980. The number of anilines is 1. The van der Waals surface area contributed by atoms with Crippen LogP contribution in [-0.4, -0.2) is 87.8 Å². The average Bonchev–Trinajstić information content (AvgIpc) is 3.12. The normalized spacial score (nSPS) is 25.4. The molecule has 52 heavy (non-hydrogen) atoms. The van der Waals surface area contributed by atoms with Crippen LogP contribution < -0.4 is 9.08 Å². The molecule has 2 aliphatic heterocycles. The monoisotopic (exact) mass is 741 g/mol. The van der Waals surface area contributed by atoms with Gasteiger partial charge in [-0.3, -0.25) is 4.79 Å². The number of amides is 1. The second-order valence-corrected chi connectivity index (χ2v) is 14.5. The summed E-state index contributed by atoms with van der Waals surface area (Å²) in [5, 5.41) is 61.5. The van der Waals surface area contributed by atoms with E-state index in [2.05, 4.69) is 0 Å². The Morgan fingerprint density at radius 1 is 0.808 bits per heavy atom. The number of carbonyl (C=O) groups is 1. The molecule has 6 N–H and O–H groups in total. The van der Waals surface area contributed by atoms with Crippen molar-refractivity contribution in [2.45, 2.75) is 55.5 Å². The second-order valence-electron chi connectivity index (χ2n) is 12.9. The van der Waals surface area contributed by atoms with E-state index in [-0.39, 0.29) is 30.2 Å². The molecule has 0 aromatic heterocycles. The SMILES string of the molecule is O=C1C(CCC(O)c2ccc(F)cc2)C(c2ccc(-c3ccc(OS(=O)(=O)CC4OC(CO)C(O)C(O)C4O)cc3)cc2O)N1c1ccc(F)cc1. The summed E-state index contributed by atoms with van der Waals surface area (Å²) in [6.07, 6.45) is -8.43. The van der Waals surface area contributed by atoms with Gasteiger partial charge in [0.1, 0.15) is 59.4 Å². The number of aromatic hydroxyl groups is 1. The van der Waals surface area contributed by atoms with Gasteiger partial charge in [0.15, 0.2) is 0 Å². The maximum Gasteiger partial charge on any atom is 0.311 e. The molecule has 2 heterocycles. The zero-order chi connectivity index (χ0) is 37.3. The molecule has 2 fully saturated rings. The molecule has 0 aliphatic carbocycles. The molecule has 2 saturated heterocycles. The Hall–Kier alpha value is -4.48.